The van der Waals surface area contributed by atoms with E-state index in [9.17, 15) is 9.59 Å². The molecule has 0 atom stereocenters. The predicted octanol–water partition coefficient (Wildman–Crippen LogP) is 1.27. The third-order valence-corrected chi connectivity index (χ3v) is 4.39. The van der Waals surface area contributed by atoms with Gasteiger partial charge in [-0.2, -0.15) is 0 Å². The molecule has 0 radical (unpaired) electrons. The first kappa shape index (κ1) is 15.5. The molecule has 0 bridgehead atoms. The second-order valence-corrected chi connectivity index (χ2v) is 6.23. The molecule has 2 aromatic heterocycles. The highest BCUT2D eigenvalue weighted by Crippen LogP contribution is 2.27. The van der Waals surface area contributed by atoms with Crippen molar-refractivity contribution in [2.24, 2.45) is 0 Å². The molecule has 7 nitrogen and oxygen atoms in total. The summed E-state index contributed by atoms with van der Waals surface area (Å²) in [6.07, 6.45) is 0. The van der Waals surface area contributed by atoms with Gasteiger partial charge in [-0.05, 0) is 11.4 Å². The van der Waals surface area contributed by atoms with Crippen LogP contribution in [0.3, 0.4) is 0 Å². The molecule has 1 N–H and O–H groups in total. The summed E-state index contributed by atoms with van der Waals surface area (Å²) in [6.45, 7) is 0.0786. The molecule has 0 aliphatic rings. The van der Waals surface area contributed by atoms with Crippen molar-refractivity contribution in [1.82, 2.24) is 19.7 Å². The van der Waals surface area contributed by atoms with Crippen LogP contribution in [0.25, 0.3) is 10.7 Å². The van der Waals surface area contributed by atoms with Crippen molar-refractivity contribution < 1.29 is 14.7 Å². The zero-order valence-electron chi connectivity index (χ0n) is 11.5. The van der Waals surface area contributed by atoms with E-state index >= 15 is 0 Å². The lowest BCUT2D eigenvalue weighted by atomic mass is 10.4. The molecule has 0 unspecified atom stereocenters. The summed E-state index contributed by atoms with van der Waals surface area (Å²) in [6, 6.07) is 3.77. The van der Waals surface area contributed by atoms with E-state index in [1.165, 1.54) is 16.2 Å². The third kappa shape index (κ3) is 3.82. The normalized spacial score (nSPS) is 10.6. The number of hydrogen-bond acceptors (Lipinski definition) is 6. The Morgan fingerprint density at radius 2 is 2.19 bits per heavy atom. The summed E-state index contributed by atoms with van der Waals surface area (Å²) in [5, 5.41) is 19.2. The maximum atomic E-state index is 11.9. The number of carboxylic acids is 1. The summed E-state index contributed by atoms with van der Waals surface area (Å²) in [5.41, 5.74) is 0. The molecule has 2 rings (SSSR count). The monoisotopic (exact) mass is 326 g/mol. The number of aromatic nitrogens is 3. The molecule has 9 heteroatoms. The fraction of sp³-hybridized carbons (Fsp3) is 0.333. The maximum Gasteiger partial charge on any atom is 0.313 e. The van der Waals surface area contributed by atoms with Gasteiger partial charge in [0.2, 0.25) is 5.91 Å². The van der Waals surface area contributed by atoms with Crippen molar-refractivity contribution in [3.05, 3.63) is 17.5 Å². The van der Waals surface area contributed by atoms with Crippen molar-refractivity contribution in [3.63, 3.8) is 0 Å². The van der Waals surface area contributed by atoms with Gasteiger partial charge in [-0.1, -0.05) is 17.8 Å². The number of thioether (sulfide) groups is 1. The van der Waals surface area contributed by atoms with E-state index in [2.05, 4.69) is 10.2 Å². The number of hydrogen-bond donors (Lipinski definition) is 1. The van der Waals surface area contributed by atoms with Gasteiger partial charge in [0.15, 0.2) is 11.0 Å². The number of aliphatic carboxylic acids is 1. The van der Waals surface area contributed by atoms with Crippen molar-refractivity contribution in [1.29, 1.82) is 0 Å². The van der Waals surface area contributed by atoms with E-state index in [-0.39, 0.29) is 18.2 Å². The van der Waals surface area contributed by atoms with Gasteiger partial charge in [0.25, 0.3) is 0 Å². The minimum atomic E-state index is -0.939. The van der Waals surface area contributed by atoms with Gasteiger partial charge in [0, 0.05) is 14.1 Å². The molecule has 21 heavy (non-hydrogen) atoms. The van der Waals surface area contributed by atoms with Gasteiger partial charge in [0.05, 0.1) is 10.6 Å². The standard InChI is InChI=1S/C12H14N4O3S2/c1-15(2)9(17)6-16-11(8-4-3-5-20-8)13-14-12(16)21-7-10(18)19/h3-5H,6-7H2,1-2H3,(H,18,19). The fourth-order valence-electron chi connectivity index (χ4n) is 1.53. The van der Waals surface area contributed by atoms with Crippen LogP contribution in [0.2, 0.25) is 0 Å². The number of likely N-dealkylation sites (N-methyl/N-ethyl adjacent to an activating group) is 1. The first-order chi connectivity index (χ1) is 9.99. The smallest absolute Gasteiger partial charge is 0.313 e. The molecule has 0 aliphatic heterocycles. The molecule has 1 amide bonds. The Hall–Kier alpha value is -1.87. The van der Waals surface area contributed by atoms with Gasteiger partial charge in [-0.3, -0.25) is 14.2 Å². The Balaban J connectivity index is 2.33. The Bertz CT molecular complexity index is 637. The van der Waals surface area contributed by atoms with Crippen molar-refractivity contribution in [2.75, 3.05) is 19.8 Å². The number of nitrogens with zero attached hydrogens (tertiary/aromatic N) is 4. The van der Waals surface area contributed by atoms with Crippen molar-refractivity contribution in [2.45, 2.75) is 11.7 Å². The first-order valence-corrected chi connectivity index (χ1v) is 7.87. The zero-order valence-corrected chi connectivity index (χ0v) is 13.1. The van der Waals surface area contributed by atoms with Crippen LogP contribution in [0.1, 0.15) is 0 Å². The number of thiophene rings is 1. The third-order valence-electron chi connectivity index (χ3n) is 2.58. The second kappa shape index (κ2) is 6.72. The van der Waals surface area contributed by atoms with Gasteiger partial charge >= 0.3 is 5.97 Å². The van der Waals surface area contributed by atoms with Crippen LogP contribution in [0, 0.1) is 0 Å². The quantitative estimate of drug-likeness (QED) is 0.804. The van der Waals surface area contributed by atoms with Crippen LogP contribution in [0.15, 0.2) is 22.7 Å². The van der Waals surface area contributed by atoms with Gasteiger partial charge in [-0.15, -0.1) is 21.5 Å². The van der Waals surface area contributed by atoms with Gasteiger partial charge in [0.1, 0.15) is 6.54 Å². The second-order valence-electron chi connectivity index (χ2n) is 4.34. The number of amides is 1. The summed E-state index contributed by atoms with van der Waals surface area (Å²) in [5.74, 6) is -0.595. The average molecular weight is 326 g/mol. The van der Waals surface area contributed by atoms with Crippen LogP contribution < -0.4 is 0 Å². The van der Waals surface area contributed by atoms with Crippen LogP contribution in [0.4, 0.5) is 0 Å². The van der Waals surface area contributed by atoms with Crippen LogP contribution in [-0.2, 0) is 16.1 Å². The molecule has 0 fully saturated rings. The van der Waals surface area contributed by atoms with Crippen molar-refractivity contribution >= 4 is 35.0 Å². The highest BCUT2D eigenvalue weighted by Gasteiger charge is 2.19. The minimum absolute atomic E-state index is 0.0786. The zero-order chi connectivity index (χ0) is 15.4. The Labute approximate surface area is 129 Å². The largest absolute Gasteiger partial charge is 0.481 e. The Morgan fingerprint density at radius 3 is 2.76 bits per heavy atom. The first-order valence-electron chi connectivity index (χ1n) is 6.01. The Morgan fingerprint density at radius 1 is 1.43 bits per heavy atom. The minimum Gasteiger partial charge on any atom is -0.481 e. The van der Waals surface area contributed by atoms with Gasteiger partial charge < -0.3 is 10.0 Å². The van der Waals surface area contributed by atoms with E-state index in [4.69, 9.17) is 5.11 Å². The molecule has 0 aromatic carbocycles. The summed E-state index contributed by atoms with van der Waals surface area (Å²) in [7, 11) is 3.34. The Kier molecular flexibility index (Phi) is 4.97. The van der Waals surface area contributed by atoms with Crippen molar-refractivity contribution in [3.8, 4) is 10.7 Å². The van der Waals surface area contributed by atoms with E-state index in [0.29, 0.717) is 11.0 Å². The number of carboxylic acid groups (broad SMARTS) is 1. The van der Waals surface area contributed by atoms with Crippen LogP contribution in [0.5, 0.6) is 0 Å². The summed E-state index contributed by atoms with van der Waals surface area (Å²) in [4.78, 5) is 25.0. The predicted molar refractivity (Wildman–Crippen MR) is 80.4 cm³/mol. The topological polar surface area (TPSA) is 88.3 Å². The fourth-order valence-corrected chi connectivity index (χ4v) is 2.90. The highest BCUT2D eigenvalue weighted by atomic mass is 32.2. The van der Waals surface area contributed by atoms with Crippen LogP contribution in [-0.4, -0.2) is 56.5 Å². The molecule has 2 aromatic rings. The summed E-state index contributed by atoms with van der Waals surface area (Å²) < 4.78 is 1.65. The molecule has 0 spiro atoms. The molecular formula is C12H14N4O3S2. The lowest BCUT2D eigenvalue weighted by Crippen LogP contribution is -2.26. The lowest BCUT2D eigenvalue weighted by molar-refractivity contribution is -0.134. The van der Waals surface area contributed by atoms with E-state index in [0.717, 1.165) is 16.6 Å². The molecule has 0 aliphatic carbocycles. The summed E-state index contributed by atoms with van der Waals surface area (Å²) >= 11 is 2.54. The average Bonchev–Trinajstić information content (AvgIpc) is 3.05. The molecule has 112 valence electrons. The maximum absolute atomic E-state index is 11.9. The van der Waals surface area contributed by atoms with Gasteiger partial charge in [-0.25, -0.2) is 0 Å². The molecule has 2 heterocycles. The highest BCUT2D eigenvalue weighted by molar-refractivity contribution is 7.99. The number of carbonyl (C=O) groups excluding carboxylic acids is 1. The van der Waals surface area contributed by atoms with E-state index in [1.54, 1.807) is 18.7 Å². The van der Waals surface area contributed by atoms with E-state index in [1.807, 2.05) is 17.5 Å². The number of carbonyl (C=O) groups is 2. The van der Waals surface area contributed by atoms with Crippen LogP contribution >= 0.6 is 23.1 Å². The SMILES string of the molecule is CN(C)C(=O)Cn1c(SCC(=O)O)nnc1-c1cccs1. The molecular weight excluding hydrogens is 312 g/mol. The lowest BCUT2D eigenvalue weighted by Gasteiger charge is -2.13. The van der Waals surface area contributed by atoms with E-state index < -0.39 is 5.97 Å². The molecule has 0 saturated carbocycles. The molecule has 0 saturated heterocycles. The number of rotatable bonds is 6.